The van der Waals surface area contributed by atoms with Crippen molar-refractivity contribution in [2.24, 2.45) is 0 Å². The van der Waals surface area contributed by atoms with Crippen molar-refractivity contribution in [1.29, 1.82) is 0 Å². The van der Waals surface area contributed by atoms with Crippen LogP contribution in [0.4, 0.5) is 14.5 Å². The molecule has 2 aromatic rings. The number of benzene rings is 2. The van der Waals surface area contributed by atoms with E-state index in [1.807, 2.05) is 0 Å². The molecular weight excluding hydrogens is 334 g/mol. The largest absolute Gasteiger partial charge is 0.496 e. The third kappa shape index (κ3) is 4.43. The highest BCUT2D eigenvalue weighted by Gasteiger charge is 2.18. The van der Waals surface area contributed by atoms with Gasteiger partial charge in [0.05, 0.1) is 20.8 Å². The third-order valence-corrected chi connectivity index (χ3v) is 3.27. The summed E-state index contributed by atoms with van der Waals surface area (Å²) in [7, 11) is 2.81. The van der Waals surface area contributed by atoms with Gasteiger partial charge in [-0.3, -0.25) is 9.59 Å². The summed E-state index contributed by atoms with van der Waals surface area (Å²) in [4.78, 5) is 24.1. The van der Waals surface area contributed by atoms with Crippen molar-refractivity contribution in [3.63, 3.8) is 0 Å². The maximum absolute atomic E-state index is 13.1. The van der Waals surface area contributed by atoms with E-state index in [0.717, 1.165) is 12.1 Å². The Hall–Kier alpha value is -3.16. The maximum atomic E-state index is 13.1. The zero-order chi connectivity index (χ0) is 18.4. The first-order valence-electron chi connectivity index (χ1n) is 7.20. The Balaban J connectivity index is 2.02. The second-order valence-corrected chi connectivity index (χ2v) is 4.90. The van der Waals surface area contributed by atoms with Gasteiger partial charge in [0, 0.05) is 11.8 Å². The minimum atomic E-state index is -1.08. The third-order valence-electron chi connectivity index (χ3n) is 3.27. The van der Waals surface area contributed by atoms with E-state index in [2.05, 4.69) is 10.6 Å². The van der Waals surface area contributed by atoms with E-state index in [1.54, 1.807) is 18.2 Å². The van der Waals surface area contributed by atoms with Gasteiger partial charge in [-0.2, -0.15) is 0 Å². The predicted octanol–water partition coefficient (Wildman–Crippen LogP) is 2.35. The molecule has 0 fully saturated rings. The van der Waals surface area contributed by atoms with Gasteiger partial charge in [0.15, 0.2) is 11.6 Å². The molecule has 0 bridgehead atoms. The molecule has 0 radical (unpaired) electrons. The van der Waals surface area contributed by atoms with Crippen molar-refractivity contribution in [3.05, 3.63) is 53.6 Å². The molecule has 0 aliphatic rings. The van der Waals surface area contributed by atoms with Gasteiger partial charge in [-0.1, -0.05) is 6.07 Å². The molecule has 0 aliphatic heterocycles. The molecule has 2 N–H and O–H groups in total. The summed E-state index contributed by atoms with van der Waals surface area (Å²) in [6, 6.07) is 7.77. The Morgan fingerprint density at radius 1 is 1.00 bits per heavy atom. The number of ether oxygens (including phenoxy) is 2. The molecule has 0 atom stereocenters. The van der Waals surface area contributed by atoms with Gasteiger partial charge < -0.3 is 20.1 Å². The second kappa shape index (κ2) is 8.09. The first kappa shape index (κ1) is 18.2. The summed E-state index contributed by atoms with van der Waals surface area (Å²) in [6.45, 7) is -0.376. The Labute approximate surface area is 142 Å². The van der Waals surface area contributed by atoms with Gasteiger partial charge >= 0.3 is 0 Å². The van der Waals surface area contributed by atoms with Crippen LogP contribution in [-0.2, 0) is 4.79 Å². The van der Waals surface area contributed by atoms with Crippen LogP contribution in [0.3, 0.4) is 0 Å². The lowest BCUT2D eigenvalue weighted by atomic mass is 10.1. The van der Waals surface area contributed by atoms with E-state index in [9.17, 15) is 18.4 Å². The molecule has 2 rings (SSSR count). The number of anilines is 1. The van der Waals surface area contributed by atoms with Crippen molar-refractivity contribution in [3.8, 4) is 11.5 Å². The van der Waals surface area contributed by atoms with E-state index in [1.165, 1.54) is 20.3 Å². The molecular formula is C17H16F2N2O4. The maximum Gasteiger partial charge on any atom is 0.259 e. The summed E-state index contributed by atoms with van der Waals surface area (Å²) >= 11 is 0. The summed E-state index contributed by atoms with van der Waals surface area (Å²) in [6.07, 6.45) is 0. The summed E-state index contributed by atoms with van der Waals surface area (Å²) in [5.41, 5.74) is 0.223. The van der Waals surface area contributed by atoms with Crippen LogP contribution in [0.25, 0.3) is 0 Å². The zero-order valence-corrected chi connectivity index (χ0v) is 13.6. The lowest BCUT2D eigenvalue weighted by Gasteiger charge is -2.13. The molecule has 0 saturated heterocycles. The fourth-order valence-electron chi connectivity index (χ4n) is 2.10. The highest BCUT2D eigenvalue weighted by atomic mass is 19.2. The van der Waals surface area contributed by atoms with E-state index in [4.69, 9.17) is 9.47 Å². The number of rotatable bonds is 6. The molecule has 0 aromatic heterocycles. The van der Waals surface area contributed by atoms with E-state index in [-0.39, 0.29) is 29.3 Å². The summed E-state index contributed by atoms with van der Waals surface area (Å²) in [5, 5.41) is 4.77. The number of halogens is 2. The van der Waals surface area contributed by atoms with Crippen molar-refractivity contribution < 1.29 is 27.8 Å². The Kier molecular flexibility index (Phi) is 5.89. The van der Waals surface area contributed by atoms with Gasteiger partial charge in [0.1, 0.15) is 17.1 Å². The van der Waals surface area contributed by atoms with Crippen molar-refractivity contribution >= 4 is 17.5 Å². The van der Waals surface area contributed by atoms with Crippen LogP contribution in [0, 0.1) is 11.6 Å². The number of nitrogens with one attached hydrogen (secondary N) is 2. The molecule has 2 amide bonds. The molecule has 0 heterocycles. The quantitative estimate of drug-likeness (QED) is 0.838. The van der Waals surface area contributed by atoms with Crippen molar-refractivity contribution in [2.75, 3.05) is 26.1 Å². The lowest BCUT2D eigenvalue weighted by Crippen LogP contribution is -2.33. The van der Waals surface area contributed by atoms with Gasteiger partial charge in [0.25, 0.3) is 5.91 Å². The van der Waals surface area contributed by atoms with Gasteiger partial charge in [0.2, 0.25) is 5.91 Å². The van der Waals surface area contributed by atoms with E-state index in [0.29, 0.717) is 0 Å². The minimum absolute atomic E-state index is 0.0769. The number of hydrogen-bond acceptors (Lipinski definition) is 4. The fourth-order valence-corrected chi connectivity index (χ4v) is 2.10. The fraction of sp³-hybridized carbons (Fsp3) is 0.176. The normalized spacial score (nSPS) is 10.1. The molecule has 8 heteroatoms. The Bertz CT molecular complexity index is 774. The van der Waals surface area contributed by atoms with Gasteiger partial charge in [-0.25, -0.2) is 8.78 Å². The van der Waals surface area contributed by atoms with E-state index >= 15 is 0 Å². The minimum Gasteiger partial charge on any atom is -0.496 e. The molecule has 0 unspecified atom stereocenters. The second-order valence-electron chi connectivity index (χ2n) is 4.90. The number of methoxy groups -OCH3 is 2. The van der Waals surface area contributed by atoms with Crippen LogP contribution in [0.15, 0.2) is 36.4 Å². The molecule has 0 saturated carbocycles. The predicted molar refractivity (Wildman–Crippen MR) is 86.9 cm³/mol. The van der Waals surface area contributed by atoms with Crippen LogP contribution in [-0.4, -0.2) is 32.6 Å². The monoisotopic (exact) mass is 350 g/mol. The molecule has 2 aromatic carbocycles. The zero-order valence-electron chi connectivity index (χ0n) is 13.6. The van der Waals surface area contributed by atoms with Crippen LogP contribution in [0.5, 0.6) is 11.5 Å². The smallest absolute Gasteiger partial charge is 0.259 e. The Morgan fingerprint density at radius 2 is 1.64 bits per heavy atom. The van der Waals surface area contributed by atoms with Crippen molar-refractivity contribution in [2.45, 2.75) is 0 Å². The summed E-state index contributed by atoms with van der Waals surface area (Å²) in [5.74, 6) is -2.70. The van der Waals surface area contributed by atoms with Crippen LogP contribution < -0.4 is 20.1 Å². The van der Waals surface area contributed by atoms with Gasteiger partial charge in [-0.05, 0) is 24.3 Å². The number of hydrogen-bond donors (Lipinski definition) is 2. The average Bonchev–Trinajstić information content (AvgIpc) is 2.62. The van der Waals surface area contributed by atoms with Crippen molar-refractivity contribution in [1.82, 2.24) is 5.32 Å². The number of carbonyl (C=O) groups excluding carboxylic acids is 2. The summed E-state index contributed by atoms with van der Waals surface area (Å²) < 4.78 is 36.2. The first-order valence-corrected chi connectivity index (χ1v) is 7.20. The van der Waals surface area contributed by atoms with Crippen LogP contribution >= 0.6 is 0 Å². The highest BCUT2D eigenvalue weighted by molar-refractivity contribution is 6.02. The van der Waals surface area contributed by atoms with E-state index < -0.39 is 23.4 Å². The number of amides is 2. The van der Waals surface area contributed by atoms with Crippen LogP contribution in [0.1, 0.15) is 10.4 Å². The lowest BCUT2D eigenvalue weighted by molar-refractivity contribution is -0.115. The highest BCUT2D eigenvalue weighted by Crippen LogP contribution is 2.27. The standard InChI is InChI=1S/C17H16F2N2O4/c1-24-13-4-3-5-14(25-2)16(13)17(23)20-9-15(22)21-10-6-7-11(18)12(19)8-10/h3-8H,9H2,1-2H3,(H,20,23)(H,21,22). The molecule has 0 spiro atoms. The number of carbonyl (C=O) groups is 2. The van der Waals surface area contributed by atoms with Gasteiger partial charge in [-0.15, -0.1) is 0 Å². The van der Waals surface area contributed by atoms with Crippen LogP contribution in [0.2, 0.25) is 0 Å². The molecule has 132 valence electrons. The first-order chi connectivity index (χ1) is 12.0. The molecule has 25 heavy (non-hydrogen) atoms. The Morgan fingerprint density at radius 3 is 2.20 bits per heavy atom. The molecule has 6 nitrogen and oxygen atoms in total. The topological polar surface area (TPSA) is 76.7 Å². The SMILES string of the molecule is COc1cccc(OC)c1C(=O)NCC(=O)Nc1ccc(F)c(F)c1. The average molecular weight is 350 g/mol. The molecule has 0 aliphatic carbocycles.